The first-order valence-corrected chi connectivity index (χ1v) is 9.42. The lowest BCUT2D eigenvalue weighted by atomic mass is 10.1. The molecule has 0 spiro atoms. The lowest BCUT2D eigenvalue weighted by molar-refractivity contribution is -0.147. The second-order valence-corrected chi connectivity index (χ2v) is 7.66. The molecular formula is C22H21F4NO5. The third-order valence-corrected chi connectivity index (χ3v) is 5.28. The van der Waals surface area contributed by atoms with E-state index < -0.39 is 76.8 Å². The lowest BCUT2D eigenvalue weighted by Gasteiger charge is -2.12. The molecule has 32 heavy (non-hydrogen) atoms. The fourth-order valence-corrected chi connectivity index (χ4v) is 3.34. The maximum absolute atomic E-state index is 14.2. The fraction of sp³-hybridized carbons (Fsp3) is 0.409. The van der Waals surface area contributed by atoms with Crippen LogP contribution in [0.25, 0.3) is 0 Å². The molecule has 10 heteroatoms. The number of nitriles is 1. The van der Waals surface area contributed by atoms with E-state index in [0.29, 0.717) is 0 Å². The zero-order valence-corrected chi connectivity index (χ0v) is 17.6. The number of benzene rings is 1. The smallest absolute Gasteiger partial charge is 0.348 e. The van der Waals surface area contributed by atoms with Crippen LogP contribution in [0.2, 0.25) is 0 Å². The highest BCUT2D eigenvalue weighted by Gasteiger charge is 2.62. The van der Waals surface area contributed by atoms with Crippen molar-refractivity contribution >= 4 is 11.9 Å². The second kappa shape index (κ2) is 9.96. The van der Waals surface area contributed by atoms with Crippen LogP contribution < -0.4 is 0 Å². The summed E-state index contributed by atoms with van der Waals surface area (Å²) in [5.74, 6) is -9.91. The van der Waals surface area contributed by atoms with Gasteiger partial charge in [0.25, 0.3) is 0 Å². The summed E-state index contributed by atoms with van der Waals surface area (Å²) in [5, 5.41) is 9.17. The van der Waals surface area contributed by atoms with Crippen molar-refractivity contribution in [2.75, 3.05) is 13.7 Å². The molecular weight excluding hydrogens is 434 g/mol. The van der Waals surface area contributed by atoms with Crippen molar-refractivity contribution < 1.29 is 41.4 Å². The predicted octanol–water partition coefficient (Wildman–Crippen LogP) is 3.88. The molecule has 0 N–H and O–H groups in total. The van der Waals surface area contributed by atoms with E-state index in [4.69, 9.17) is 14.7 Å². The highest BCUT2D eigenvalue weighted by atomic mass is 19.2. The van der Waals surface area contributed by atoms with Crippen molar-refractivity contribution in [3.8, 4) is 6.07 Å². The molecule has 1 aromatic rings. The van der Waals surface area contributed by atoms with E-state index in [1.54, 1.807) is 19.9 Å². The Morgan fingerprint density at radius 3 is 2.06 bits per heavy atom. The lowest BCUT2D eigenvalue weighted by Crippen LogP contribution is -2.15. The molecule has 1 aromatic carbocycles. The van der Waals surface area contributed by atoms with Crippen LogP contribution in [0.3, 0.4) is 0 Å². The van der Waals surface area contributed by atoms with Gasteiger partial charge < -0.3 is 14.2 Å². The van der Waals surface area contributed by atoms with Crippen molar-refractivity contribution in [2.45, 2.75) is 27.1 Å². The molecule has 1 aliphatic rings. The number of hydrogen-bond donors (Lipinski definition) is 0. The molecule has 1 saturated carbocycles. The molecule has 172 valence electrons. The van der Waals surface area contributed by atoms with Gasteiger partial charge in [0.15, 0.2) is 23.3 Å². The quantitative estimate of drug-likeness (QED) is 0.140. The largest absolute Gasteiger partial charge is 0.460 e. The Kier molecular flexibility index (Phi) is 7.80. The summed E-state index contributed by atoms with van der Waals surface area (Å²) >= 11 is 0. The number of rotatable bonds is 9. The van der Waals surface area contributed by atoms with Crippen molar-refractivity contribution in [3.63, 3.8) is 0 Å². The Morgan fingerprint density at radius 2 is 1.59 bits per heavy atom. The Morgan fingerprint density at radius 1 is 1.06 bits per heavy atom. The standard InChI is InChI=1S/C22H21F4NO5/c1-5-6-31-20(28)11(8-27)7-14-15(22(14,2)3)21(29)32-10-13-18(25)16(23)12(9-30-4)17(24)19(13)26/h5,7,14-15H,1,6,9-10H2,2-4H3/b11-7+. The highest BCUT2D eigenvalue weighted by Crippen LogP contribution is 2.60. The van der Waals surface area contributed by atoms with E-state index in [1.165, 1.54) is 12.2 Å². The third kappa shape index (κ3) is 4.83. The van der Waals surface area contributed by atoms with Crippen LogP contribution in [0, 0.1) is 51.9 Å². The molecule has 0 radical (unpaired) electrons. The molecule has 0 saturated heterocycles. The van der Waals surface area contributed by atoms with Crippen molar-refractivity contribution in [2.24, 2.45) is 17.3 Å². The van der Waals surface area contributed by atoms with Crippen LogP contribution in [0.4, 0.5) is 17.6 Å². The second-order valence-electron chi connectivity index (χ2n) is 7.66. The zero-order valence-electron chi connectivity index (χ0n) is 17.6. The number of ether oxygens (including phenoxy) is 3. The van der Waals surface area contributed by atoms with E-state index in [-0.39, 0.29) is 12.2 Å². The van der Waals surface area contributed by atoms with E-state index in [0.717, 1.165) is 7.11 Å². The molecule has 1 fully saturated rings. The zero-order chi connectivity index (χ0) is 24.2. The molecule has 0 aliphatic heterocycles. The van der Waals surface area contributed by atoms with Gasteiger partial charge in [-0.05, 0) is 11.3 Å². The first-order chi connectivity index (χ1) is 15.0. The Bertz CT molecular complexity index is 984. The van der Waals surface area contributed by atoms with Gasteiger partial charge in [-0.3, -0.25) is 4.79 Å². The molecule has 0 amide bonds. The summed E-state index contributed by atoms with van der Waals surface area (Å²) in [6, 6.07) is 1.69. The Balaban J connectivity index is 2.17. The minimum atomic E-state index is -1.69. The number of methoxy groups -OCH3 is 1. The van der Waals surface area contributed by atoms with Gasteiger partial charge in [0.05, 0.1) is 23.7 Å². The first-order valence-electron chi connectivity index (χ1n) is 9.42. The average Bonchev–Trinajstić information content (AvgIpc) is 3.31. The molecule has 2 rings (SSSR count). The van der Waals surface area contributed by atoms with Gasteiger partial charge in [0.1, 0.15) is 24.9 Å². The summed E-state index contributed by atoms with van der Waals surface area (Å²) in [6.07, 6.45) is 2.58. The van der Waals surface area contributed by atoms with E-state index in [2.05, 4.69) is 11.3 Å². The van der Waals surface area contributed by atoms with Crippen LogP contribution in [-0.2, 0) is 37.0 Å². The van der Waals surface area contributed by atoms with Crippen LogP contribution >= 0.6 is 0 Å². The number of halogens is 4. The Labute approximate surface area is 182 Å². The normalized spacial score (nSPS) is 19.1. The van der Waals surface area contributed by atoms with Crippen LogP contribution in [-0.4, -0.2) is 25.7 Å². The topological polar surface area (TPSA) is 85.6 Å². The maximum atomic E-state index is 14.2. The predicted molar refractivity (Wildman–Crippen MR) is 102 cm³/mol. The number of nitrogens with zero attached hydrogens (tertiary/aromatic N) is 1. The van der Waals surface area contributed by atoms with Crippen molar-refractivity contribution in [1.29, 1.82) is 5.26 Å². The van der Waals surface area contributed by atoms with Gasteiger partial charge >= 0.3 is 11.9 Å². The van der Waals surface area contributed by atoms with Crippen molar-refractivity contribution in [3.05, 3.63) is 58.7 Å². The molecule has 6 nitrogen and oxygen atoms in total. The molecule has 0 heterocycles. The van der Waals surface area contributed by atoms with E-state index in [1.807, 2.05) is 0 Å². The Hall–Kier alpha value is -3.19. The van der Waals surface area contributed by atoms with Gasteiger partial charge in [0.2, 0.25) is 0 Å². The average molecular weight is 455 g/mol. The SMILES string of the molecule is C=CCOC(=O)/C(C#N)=C/C1C(C(=O)OCc2c(F)c(F)c(COC)c(F)c2F)C1(C)C. The number of carbonyl (C=O) groups is 2. The van der Waals surface area contributed by atoms with Crippen LogP contribution in [0.15, 0.2) is 24.3 Å². The van der Waals surface area contributed by atoms with Gasteiger partial charge in [-0.2, -0.15) is 5.26 Å². The van der Waals surface area contributed by atoms with Gasteiger partial charge in [0, 0.05) is 7.11 Å². The molecule has 0 aromatic heterocycles. The number of allylic oxidation sites excluding steroid dienone is 1. The van der Waals surface area contributed by atoms with Crippen LogP contribution in [0.1, 0.15) is 25.0 Å². The van der Waals surface area contributed by atoms with Crippen LogP contribution in [0.5, 0.6) is 0 Å². The van der Waals surface area contributed by atoms with E-state index >= 15 is 0 Å². The number of carbonyl (C=O) groups excluding carboxylic acids is 2. The number of hydrogen-bond acceptors (Lipinski definition) is 6. The van der Waals surface area contributed by atoms with Gasteiger partial charge in [-0.25, -0.2) is 22.4 Å². The third-order valence-electron chi connectivity index (χ3n) is 5.28. The summed E-state index contributed by atoms with van der Waals surface area (Å²) in [5.41, 5.74) is -3.06. The maximum Gasteiger partial charge on any atom is 0.348 e. The fourth-order valence-electron chi connectivity index (χ4n) is 3.34. The summed E-state index contributed by atoms with van der Waals surface area (Å²) in [6.45, 7) is 4.86. The van der Waals surface area contributed by atoms with Gasteiger partial charge in [-0.1, -0.05) is 32.6 Å². The minimum Gasteiger partial charge on any atom is -0.460 e. The first kappa shape index (κ1) is 25.1. The summed E-state index contributed by atoms with van der Waals surface area (Å²) in [4.78, 5) is 24.3. The molecule has 1 aliphatic carbocycles. The molecule has 0 bridgehead atoms. The molecule has 2 atom stereocenters. The van der Waals surface area contributed by atoms with Crippen molar-refractivity contribution in [1.82, 2.24) is 0 Å². The monoisotopic (exact) mass is 455 g/mol. The minimum absolute atomic E-state index is 0.106. The molecule has 2 unspecified atom stereocenters. The van der Waals surface area contributed by atoms with Gasteiger partial charge in [-0.15, -0.1) is 0 Å². The highest BCUT2D eigenvalue weighted by molar-refractivity contribution is 5.93. The number of esters is 2. The summed E-state index contributed by atoms with van der Waals surface area (Å²) < 4.78 is 70.7. The summed E-state index contributed by atoms with van der Waals surface area (Å²) in [7, 11) is 1.10. The van der Waals surface area contributed by atoms with E-state index in [9.17, 15) is 27.2 Å².